The zero-order valence-corrected chi connectivity index (χ0v) is 22.6. The lowest BCUT2D eigenvalue weighted by molar-refractivity contribution is -0.128. The maximum absolute atomic E-state index is 13.1. The van der Waals surface area contributed by atoms with Crippen LogP contribution in [0.4, 0.5) is 14.5 Å². The van der Waals surface area contributed by atoms with Crippen LogP contribution in [-0.4, -0.2) is 36.8 Å². The molecule has 10 heteroatoms. The van der Waals surface area contributed by atoms with Crippen molar-refractivity contribution >= 4 is 35.0 Å². The number of anilines is 1. The molecule has 1 aliphatic carbocycles. The van der Waals surface area contributed by atoms with Gasteiger partial charge in [0.1, 0.15) is 12.4 Å². The van der Waals surface area contributed by atoms with Crippen LogP contribution in [0.15, 0.2) is 36.4 Å². The quantitative estimate of drug-likeness (QED) is 0.359. The number of carbonyl (C=O) groups is 3. The molecule has 0 heterocycles. The van der Waals surface area contributed by atoms with Gasteiger partial charge in [-0.3, -0.25) is 14.4 Å². The average Bonchev–Trinajstić information content (AvgIpc) is 2.87. The molecule has 1 fully saturated rings. The van der Waals surface area contributed by atoms with Gasteiger partial charge >= 0.3 is 0 Å². The van der Waals surface area contributed by atoms with Gasteiger partial charge in [0.2, 0.25) is 5.91 Å². The number of benzene rings is 2. The fraction of sp³-hybridized carbons (Fsp3) is 0.464. The number of hydrogen-bond acceptors (Lipinski definition) is 4. The van der Waals surface area contributed by atoms with Gasteiger partial charge in [-0.05, 0) is 48.7 Å². The average molecular weight is 550 g/mol. The smallest absolute Gasteiger partial charge is 0.272 e. The second-order valence-electron chi connectivity index (χ2n) is 10.4. The molecule has 0 spiro atoms. The third-order valence-corrected chi connectivity index (χ3v) is 6.53. The van der Waals surface area contributed by atoms with E-state index < -0.39 is 30.3 Å². The van der Waals surface area contributed by atoms with Crippen LogP contribution >= 0.6 is 11.6 Å². The minimum atomic E-state index is -2.70. The van der Waals surface area contributed by atoms with Crippen LogP contribution in [0, 0.1) is 5.41 Å². The highest BCUT2D eigenvalue weighted by Crippen LogP contribution is 2.27. The van der Waals surface area contributed by atoms with Gasteiger partial charge in [0.15, 0.2) is 0 Å². The normalized spacial score (nSPS) is 14.2. The van der Waals surface area contributed by atoms with Crippen LogP contribution in [0.5, 0.6) is 5.75 Å². The van der Waals surface area contributed by atoms with Crippen LogP contribution in [-0.2, 0) is 11.3 Å². The van der Waals surface area contributed by atoms with E-state index in [2.05, 4.69) is 16.0 Å². The van der Waals surface area contributed by atoms with Crippen molar-refractivity contribution in [3.8, 4) is 5.75 Å². The minimum absolute atomic E-state index is 0.00207. The van der Waals surface area contributed by atoms with Crippen LogP contribution in [0.1, 0.15) is 79.2 Å². The first-order valence-corrected chi connectivity index (χ1v) is 13.1. The molecule has 0 bridgehead atoms. The third kappa shape index (κ3) is 8.41. The van der Waals surface area contributed by atoms with Crippen molar-refractivity contribution in [3.63, 3.8) is 0 Å². The largest absolute Gasteiger partial charge is 0.487 e. The molecule has 38 heavy (non-hydrogen) atoms. The predicted octanol–water partition coefficient (Wildman–Crippen LogP) is 5.96. The standard InChI is InChI=1S/C28H34ClF2N3O4/c1-28(2,3)27(37)32-15-17-9-11-22(29)20(13-17)25(35)34-19-10-12-23(38-16-24(30)31)21(14-19)26(36)33-18-7-5-4-6-8-18/h9-14,18,24H,4-8,15-16H2,1-3H3,(H,32,37)(H,33,36)(H,34,35). The van der Waals surface area contributed by atoms with E-state index in [-0.39, 0.29) is 46.1 Å². The maximum Gasteiger partial charge on any atom is 0.272 e. The number of amides is 3. The fourth-order valence-corrected chi connectivity index (χ4v) is 4.28. The molecule has 0 atom stereocenters. The Morgan fingerprint density at radius 1 is 1.00 bits per heavy atom. The predicted molar refractivity (Wildman–Crippen MR) is 143 cm³/mol. The highest BCUT2D eigenvalue weighted by Gasteiger charge is 2.22. The molecule has 206 valence electrons. The summed E-state index contributed by atoms with van der Waals surface area (Å²) in [7, 11) is 0. The molecule has 0 radical (unpaired) electrons. The molecule has 7 nitrogen and oxygen atoms in total. The van der Waals surface area contributed by atoms with Crippen molar-refractivity contribution in [3.05, 3.63) is 58.1 Å². The summed E-state index contributed by atoms with van der Waals surface area (Å²) in [6, 6.07) is 9.11. The Hall–Kier alpha value is -3.20. The molecule has 0 aliphatic heterocycles. The van der Waals surface area contributed by atoms with E-state index in [1.54, 1.807) is 39.0 Å². The number of nitrogens with one attached hydrogen (secondary N) is 3. The van der Waals surface area contributed by atoms with Crippen LogP contribution in [0.25, 0.3) is 0 Å². The van der Waals surface area contributed by atoms with E-state index in [0.717, 1.165) is 32.1 Å². The minimum Gasteiger partial charge on any atom is -0.487 e. The van der Waals surface area contributed by atoms with E-state index in [4.69, 9.17) is 16.3 Å². The molecule has 0 unspecified atom stereocenters. The maximum atomic E-state index is 13.1. The van der Waals surface area contributed by atoms with E-state index in [9.17, 15) is 23.2 Å². The fourth-order valence-electron chi connectivity index (χ4n) is 4.08. The molecule has 2 aromatic rings. The summed E-state index contributed by atoms with van der Waals surface area (Å²) in [5.74, 6) is -1.11. The topological polar surface area (TPSA) is 96.5 Å². The van der Waals surface area contributed by atoms with Gasteiger partial charge in [-0.2, -0.15) is 0 Å². The van der Waals surface area contributed by atoms with Gasteiger partial charge in [0, 0.05) is 23.7 Å². The second kappa shape index (κ2) is 13.0. The molecule has 0 aromatic heterocycles. The highest BCUT2D eigenvalue weighted by atomic mass is 35.5. The number of halogens is 3. The SMILES string of the molecule is CC(C)(C)C(=O)NCc1ccc(Cl)c(C(=O)Nc2ccc(OCC(F)F)c(C(=O)NC3CCCCC3)c2)c1. The van der Waals surface area contributed by atoms with Gasteiger partial charge in [-0.15, -0.1) is 0 Å². The number of carbonyl (C=O) groups excluding carboxylic acids is 3. The monoisotopic (exact) mass is 549 g/mol. The van der Waals surface area contributed by atoms with E-state index in [0.29, 0.717) is 5.56 Å². The molecular formula is C28H34ClF2N3O4. The van der Waals surface area contributed by atoms with Crippen molar-refractivity contribution < 1.29 is 27.9 Å². The summed E-state index contributed by atoms with van der Waals surface area (Å²) in [5, 5.41) is 8.70. The first kappa shape index (κ1) is 29.4. The van der Waals surface area contributed by atoms with Crippen molar-refractivity contribution in [1.82, 2.24) is 10.6 Å². The first-order valence-electron chi connectivity index (χ1n) is 12.7. The Labute approximate surface area is 226 Å². The van der Waals surface area contributed by atoms with E-state index in [1.165, 1.54) is 18.2 Å². The van der Waals surface area contributed by atoms with E-state index >= 15 is 0 Å². The number of hydrogen-bond donors (Lipinski definition) is 3. The lowest BCUT2D eigenvalue weighted by Crippen LogP contribution is -2.36. The second-order valence-corrected chi connectivity index (χ2v) is 10.8. The summed E-state index contributed by atoms with van der Waals surface area (Å²) in [4.78, 5) is 38.3. The van der Waals surface area contributed by atoms with Crippen molar-refractivity contribution in [2.75, 3.05) is 11.9 Å². The van der Waals surface area contributed by atoms with Gasteiger partial charge in [0.25, 0.3) is 18.2 Å². The number of alkyl halides is 2. The van der Waals surface area contributed by atoms with Gasteiger partial charge in [-0.1, -0.05) is 57.7 Å². The number of rotatable bonds is 9. The molecule has 0 saturated heterocycles. The Morgan fingerprint density at radius 3 is 2.37 bits per heavy atom. The molecule has 3 N–H and O–H groups in total. The van der Waals surface area contributed by atoms with Crippen molar-refractivity contribution in [2.45, 2.75) is 71.9 Å². The Kier molecular flexibility index (Phi) is 10.1. The lowest BCUT2D eigenvalue weighted by atomic mass is 9.95. The summed E-state index contributed by atoms with van der Waals surface area (Å²) >= 11 is 6.28. The first-order chi connectivity index (χ1) is 17.9. The number of ether oxygens (including phenoxy) is 1. The molecule has 1 aliphatic rings. The lowest BCUT2D eigenvalue weighted by Gasteiger charge is -2.23. The van der Waals surface area contributed by atoms with Crippen LogP contribution < -0.4 is 20.7 Å². The summed E-state index contributed by atoms with van der Waals surface area (Å²) < 4.78 is 30.7. The van der Waals surface area contributed by atoms with Gasteiger partial charge in [0.05, 0.1) is 16.1 Å². The van der Waals surface area contributed by atoms with Gasteiger partial charge in [-0.25, -0.2) is 8.78 Å². The summed E-state index contributed by atoms with van der Waals surface area (Å²) in [6.07, 6.45) is 2.13. The Bertz CT molecular complexity index is 1160. The van der Waals surface area contributed by atoms with E-state index in [1.807, 2.05) is 0 Å². The molecule has 2 aromatic carbocycles. The Morgan fingerprint density at radius 2 is 1.71 bits per heavy atom. The zero-order valence-electron chi connectivity index (χ0n) is 21.8. The highest BCUT2D eigenvalue weighted by molar-refractivity contribution is 6.34. The zero-order chi connectivity index (χ0) is 27.9. The van der Waals surface area contributed by atoms with Gasteiger partial charge < -0.3 is 20.7 Å². The van der Waals surface area contributed by atoms with Crippen molar-refractivity contribution in [1.29, 1.82) is 0 Å². The summed E-state index contributed by atoms with van der Waals surface area (Å²) in [5.41, 5.74) is 0.633. The third-order valence-electron chi connectivity index (χ3n) is 6.20. The molecule has 1 saturated carbocycles. The van der Waals surface area contributed by atoms with Crippen molar-refractivity contribution in [2.24, 2.45) is 5.41 Å². The Balaban J connectivity index is 1.78. The van der Waals surface area contributed by atoms with Crippen LogP contribution in [0.2, 0.25) is 5.02 Å². The molecular weight excluding hydrogens is 516 g/mol. The summed E-state index contributed by atoms with van der Waals surface area (Å²) in [6.45, 7) is 4.77. The molecule has 3 rings (SSSR count). The van der Waals surface area contributed by atoms with Crippen LogP contribution in [0.3, 0.4) is 0 Å². The molecule has 3 amide bonds.